The smallest absolute Gasteiger partial charge is 0.230 e. The van der Waals surface area contributed by atoms with Crippen LogP contribution >= 0.6 is 0 Å². The molecule has 236 valence electrons. The van der Waals surface area contributed by atoms with E-state index in [0.717, 1.165) is 70.8 Å². The van der Waals surface area contributed by atoms with Gasteiger partial charge in [-0.1, -0.05) is 37.1 Å². The Morgan fingerprint density at radius 3 is 2.61 bits per heavy atom. The van der Waals surface area contributed by atoms with Crippen molar-refractivity contribution in [3.05, 3.63) is 41.5 Å². The number of methoxy groups -OCH3 is 1. The average molecular weight is 602 g/mol. The van der Waals surface area contributed by atoms with Crippen LogP contribution in [0.3, 0.4) is 0 Å². The van der Waals surface area contributed by atoms with E-state index < -0.39 is 0 Å². The topological polar surface area (TPSA) is 88.1 Å². The number of piperazine rings is 1. The number of carbonyl (C=O) groups excluding carboxylic acids is 2. The first kappa shape index (κ1) is 29.7. The van der Waals surface area contributed by atoms with Gasteiger partial charge >= 0.3 is 0 Å². The predicted molar refractivity (Wildman–Crippen MR) is 170 cm³/mol. The molecule has 0 N–H and O–H groups in total. The second kappa shape index (κ2) is 11.4. The van der Waals surface area contributed by atoms with Gasteiger partial charge in [0.25, 0.3) is 0 Å². The van der Waals surface area contributed by atoms with Crippen molar-refractivity contribution in [2.24, 2.45) is 34.5 Å². The Bertz CT molecular complexity index is 1410. The lowest BCUT2D eigenvalue weighted by Gasteiger charge is -2.52. The van der Waals surface area contributed by atoms with Crippen LogP contribution in [0.15, 0.2) is 41.5 Å². The SMILES string of the molecule is COc1cc(N2CCN(CC(=O)[C@H]3C(C)C[C@H]4[C@@H]5CCC6=CC(=O)C=C[C@]6(C)C5=CC[C@]34C)CC2)nc(N2CCOCC2)n1. The standard InChI is InChI=1S/C35H47N5O4/c1-23-19-28-26-6-5-24-20-25(41)7-9-34(24,2)27(26)8-10-35(28,3)32(23)29(42)22-38-11-13-39(14-12-38)30-21-31(43-4)37-33(36-30)40-15-17-44-18-16-40/h7-9,20-21,23,26,28,32H,5-6,10-19,22H2,1-4H3/t23?,26-,28+,32-,34+,35+/m1/s1. The molecule has 4 aliphatic carbocycles. The molecule has 2 aliphatic heterocycles. The minimum absolute atomic E-state index is 0.00826. The highest BCUT2D eigenvalue weighted by Gasteiger charge is 2.59. The van der Waals surface area contributed by atoms with Gasteiger partial charge in [0, 0.05) is 56.7 Å². The van der Waals surface area contributed by atoms with E-state index in [1.165, 1.54) is 11.1 Å². The van der Waals surface area contributed by atoms with Crippen molar-refractivity contribution in [1.82, 2.24) is 14.9 Å². The molecule has 0 radical (unpaired) electrons. The number of carbonyl (C=O) groups is 2. The Balaban J connectivity index is 1.02. The number of allylic oxidation sites excluding steroid dienone is 6. The van der Waals surface area contributed by atoms with Crippen molar-refractivity contribution < 1.29 is 19.1 Å². The number of Topliss-reactive ketones (excluding diaryl/α,β-unsaturated/α-hetero) is 1. The van der Waals surface area contributed by atoms with Crippen molar-refractivity contribution in [3.63, 3.8) is 0 Å². The van der Waals surface area contributed by atoms with E-state index in [2.05, 4.69) is 52.6 Å². The van der Waals surface area contributed by atoms with Gasteiger partial charge in [0.2, 0.25) is 11.8 Å². The molecule has 0 bridgehead atoms. The van der Waals surface area contributed by atoms with Crippen LogP contribution in [0.4, 0.5) is 11.8 Å². The summed E-state index contributed by atoms with van der Waals surface area (Å²) in [6, 6.07) is 1.92. The van der Waals surface area contributed by atoms with Gasteiger partial charge in [0.1, 0.15) is 5.82 Å². The molecule has 1 aromatic rings. The molecule has 1 aromatic heterocycles. The number of anilines is 2. The molecule has 9 nitrogen and oxygen atoms in total. The molecule has 0 aromatic carbocycles. The van der Waals surface area contributed by atoms with E-state index in [0.29, 0.717) is 55.1 Å². The normalized spacial score (nSPS) is 35.4. The molecule has 2 saturated heterocycles. The highest BCUT2D eigenvalue weighted by atomic mass is 16.5. The second-order valence-corrected chi connectivity index (χ2v) is 14.3. The van der Waals surface area contributed by atoms with E-state index in [1.54, 1.807) is 13.2 Å². The zero-order valence-corrected chi connectivity index (χ0v) is 26.8. The summed E-state index contributed by atoms with van der Waals surface area (Å²) in [7, 11) is 1.65. The molecule has 6 atom stereocenters. The summed E-state index contributed by atoms with van der Waals surface area (Å²) in [5, 5.41) is 0. The van der Waals surface area contributed by atoms with Crippen molar-refractivity contribution in [2.75, 3.05) is 75.9 Å². The van der Waals surface area contributed by atoms with Crippen LogP contribution in [0.5, 0.6) is 5.88 Å². The summed E-state index contributed by atoms with van der Waals surface area (Å²) in [5.41, 5.74) is 2.62. The fourth-order valence-electron chi connectivity index (χ4n) is 9.60. The zero-order valence-electron chi connectivity index (χ0n) is 26.8. The van der Waals surface area contributed by atoms with Gasteiger partial charge in [-0.3, -0.25) is 14.5 Å². The average Bonchev–Trinajstić information content (AvgIpc) is 3.31. The van der Waals surface area contributed by atoms with Crippen LogP contribution in [0.1, 0.15) is 46.5 Å². The number of aromatic nitrogens is 2. The predicted octanol–water partition coefficient (Wildman–Crippen LogP) is 4.10. The van der Waals surface area contributed by atoms with Gasteiger partial charge in [-0.15, -0.1) is 0 Å². The first-order valence-electron chi connectivity index (χ1n) is 16.6. The summed E-state index contributed by atoms with van der Waals surface area (Å²) in [5.74, 6) is 4.14. The maximum absolute atomic E-state index is 14.1. The largest absolute Gasteiger partial charge is 0.481 e. The van der Waals surface area contributed by atoms with Gasteiger partial charge < -0.3 is 19.3 Å². The lowest BCUT2D eigenvalue weighted by atomic mass is 9.52. The fraction of sp³-hybridized carbons (Fsp3) is 0.657. The van der Waals surface area contributed by atoms with Crippen LogP contribution in [0, 0.1) is 34.5 Å². The van der Waals surface area contributed by atoms with E-state index >= 15 is 0 Å². The molecule has 4 fully saturated rings. The van der Waals surface area contributed by atoms with Crippen molar-refractivity contribution >= 4 is 23.3 Å². The maximum atomic E-state index is 14.1. The Labute approximate surface area is 261 Å². The summed E-state index contributed by atoms with van der Waals surface area (Å²) in [4.78, 5) is 42.5. The minimum atomic E-state index is -0.139. The first-order chi connectivity index (χ1) is 21.2. The third kappa shape index (κ3) is 5.00. The van der Waals surface area contributed by atoms with Crippen LogP contribution < -0.4 is 14.5 Å². The number of rotatable bonds is 6. The quantitative estimate of drug-likeness (QED) is 0.447. The molecule has 2 saturated carbocycles. The number of hydrogen-bond acceptors (Lipinski definition) is 9. The van der Waals surface area contributed by atoms with E-state index in [1.807, 2.05) is 12.1 Å². The zero-order chi connectivity index (χ0) is 30.6. The molecule has 44 heavy (non-hydrogen) atoms. The molecule has 1 unspecified atom stereocenters. The van der Waals surface area contributed by atoms with Crippen molar-refractivity contribution in [2.45, 2.75) is 46.5 Å². The highest BCUT2D eigenvalue weighted by Crippen LogP contribution is 2.65. The molecule has 3 heterocycles. The van der Waals surface area contributed by atoms with Gasteiger partial charge in [-0.25, -0.2) is 0 Å². The molecule has 6 aliphatic rings. The number of fused-ring (bicyclic) bond motifs is 5. The number of ketones is 2. The van der Waals surface area contributed by atoms with Crippen LogP contribution in [-0.2, 0) is 14.3 Å². The van der Waals surface area contributed by atoms with E-state index in [4.69, 9.17) is 14.5 Å². The second-order valence-electron chi connectivity index (χ2n) is 14.3. The minimum Gasteiger partial charge on any atom is -0.481 e. The van der Waals surface area contributed by atoms with Crippen molar-refractivity contribution in [3.8, 4) is 5.88 Å². The summed E-state index contributed by atoms with van der Waals surface area (Å²) < 4.78 is 11.0. The lowest BCUT2D eigenvalue weighted by Crippen LogP contribution is -2.51. The molecular weight excluding hydrogens is 554 g/mol. The Hall–Kier alpha value is -3.04. The molecular formula is C35H47N5O4. The molecule has 0 spiro atoms. The first-order valence-corrected chi connectivity index (χ1v) is 16.6. The van der Waals surface area contributed by atoms with Crippen molar-refractivity contribution in [1.29, 1.82) is 0 Å². The number of ether oxygens (including phenoxy) is 2. The van der Waals surface area contributed by atoms with Gasteiger partial charge in [-0.05, 0) is 67.9 Å². The molecule has 9 heteroatoms. The Morgan fingerprint density at radius 2 is 1.86 bits per heavy atom. The molecule has 7 rings (SSSR count). The van der Waals surface area contributed by atoms with E-state index in [9.17, 15) is 9.59 Å². The Kier molecular flexibility index (Phi) is 7.68. The number of nitrogens with zero attached hydrogens (tertiary/aromatic N) is 5. The third-order valence-corrected chi connectivity index (χ3v) is 11.9. The third-order valence-electron chi connectivity index (χ3n) is 11.9. The van der Waals surface area contributed by atoms with E-state index in [-0.39, 0.29) is 22.5 Å². The van der Waals surface area contributed by atoms with Gasteiger partial charge in [0.15, 0.2) is 11.6 Å². The summed E-state index contributed by atoms with van der Waals surface area (Å²) in [6.07, 6.45) is 12.4. The van der Waals surface area contributed by atoms with Gasteiger partial charge in [-0.2, -0.15) is 9.97 Å². The fourth-order valence-corrected chi connectivity index (χ4v) is 9.60. The molecule has 0 amide bonds. The van der Waals surface area contributed by atoms with Crippen LogP contribution in [0.25, 0.3) is 0 Å². The van der Waals surface area contributed by atoms with Crippen LogP contribution in [0.2, 0.25) is 0 Å². The monoisotopic (exact) mass is 601 g/mol. The summed E-state index contributed by atoms with van der Waals surface area (Å²) >= 11 is 0. The Morgan fingerprint density at radius 1 is 1.09 bits per heavy atom. The maximum Gasteiger partial charge on any atom is 0.230 e. The van der Waals surface area contributed by atoms with Gasteiger partial charge in [0.05, 0.1) is 26.9 Å². The highest BCUT2D eigenvalue weighted by molar-refractivity contribution is 6.01. The summed E-state index contributed by atoms with van der Waals surface area (Å²) in [6.45, 7) is 13.7. The van der Waals surface area contributed by atoms with Crippen LogP contribution in [-0.4, -0.2) is 92.6 Å². The number of morpholine rings is 1. The number of hydrogen-bond donors (Lipinski definition) is 0. The lowest BCUT2D eigenvalue weighted by molar-refractivity contribution is -0.129.